The van der Waals surface area contributed by atoms with Crippen molar-refractivity contribution in [2.75, 3.05) is 13.6 Å². The Morgan fingerprint density at radius 2 is 2.20 bits per heavy atom. The lowest BCUT2D eigenvalue weighted by Gasteiger charge is -2.11. The van der Waals surface area contributed by atoms with Crippen LogP contribution >= 0.6 is 11.6 Å². The van der Waals surface area contributed by atoms with Crippen LogP contribution in [-0.2, 0) is 6.54 Å². The Hall–Kier alpha value is -1.85. The van der Waals surface area contributed by atoms with Gasteiger partial charge in [0.1, 0.15) is 0 Å². The molecule has 0 radical (unpaired) electrons. The van der Waals surface area contributed by atoms with E-state index in [9.17, 15) is 4.79 Å². The van der Waals surface area contributed by atoms with E-state index < -0.39 is 0 Å². The molecule has 0 fully saturated rings. The molecule has 2 aromatic rings. The van der Waals surface area contributed by atoms with Gasteiger partial charge in [-0.3, -0.25) is 4.79 Å². The Morgan fingerprint density at radius 3 is 2.90 bits per heavy atom. The fraction of sp³-hybridized carbons (Fsp3) is 0.286. The quantitative estimate of drug-likeness (QED) is 0.886. The molecule has 5 nitrogen and oxygen atoms in total. The lowest BCUT2D eigenvalue weighted by atomic mass is 10.1. The minimum absolute atomic E-state index is 0.218. The summed E-state index contributed by atoms with van der Waals surface area (Å²) >= 11 is 6.28. The second-order valence-corrected chi connectivity index (χ2v) is 4.66. The summed E-state index contributed by atoms with van der Waals surface area (Å²) in [6, 6.07) is 7.37. The average Bonchev–Trinajstić information content (AvgIpc) is 2.93. The van der Waals surface area contributed by atoms with Gasteiger partial charge in [-0.25, -0.2) is 4.68 Å². The van der Waals surface area contributed by atoms with Crippen molar-refractivity contribution >= 4 is 17.5 Å². The molecule has 2 rings (SSSR count). The topological polar surface area (TPSA) is 59.0 Å². The zero-order valence-corrected chi connectivity index (χ0v) is 12.2. The lowest BCUT2D eigenvalue weighted by molar-refractivity contribution is 0.0957. The van der Waals surface area contributed by atoms with E-state index in [1.165, 1.54) is 0 Å². The fourth-order valence-electron chi connectivity index (χ4n) is 1.92. The molecule has 0 spiro atoms. The van der Waals surface area contributed by atoms with Crippen LogP contribution < -0.4 is 10.6 Å². The van der Waals surface area contributed by atoms with Crippen molar-refractivity contribution in [2.45, 2.75) is 13.5 Å². The number of hydrogen-bond donors (Lipinski definition) is 2. The van der Waals surface area contributed by atoms with E-state index in [0.717, 1.165) is 17.8 Å². The molecule has 2 N–H and O–H groups in total. The van der Waals surface area contributed by atoms with Gasteiger partial charge in [-0.1, -0.05) is 30.7 Å². The molecule has 1 heterocycles. The highest BCUT2D eigenvalue weighted by atomic mass is 35.5. The van der Waals surface area contributed by atoms with Gasteiger partial charge in [0.25, 0.3) is 5.91 Å². The molecule has 1 aromatic carbocycles. The first kappa shape index (κ1) is 14.6. The SMILES string of the molecule is CCNCc1cccc(Cl)c1-n1ccc(C(=O)NC)n1. The molecule has 6 heteroatoms. The Bertz CT molecular complexity index is 609. The first-order valence-corrected chi connectivity index (χ1v) is 6.81. The van der Waals surface area contributed by atoms with Crippen LogP contribution in [0.3, 0.4) is 0 Å². The summed E-state index contributed by atoms with van der Waals surface area (Å²) in [5.74, 6) is -0.218. The van der Waals surface area contributed by atoms with Gasteiger partial charge in [0, 0.05) is 19.8 Å². The molecule has 1 amide bonds. The summed E-state index contributed by atoms with van der Waals surface area (Å²) in [7, 11) is 1.58. The van der Waals surface area contributed by atoms with Gasteiger partial charge in [-0.05, 0) is 24.2 Å². The Morgan fingerprint density at radius 1 is 1.40 bits per heavy atom. The van der Waals surface area contributed by atoms with Crippen LogP contribution in [0.2, 0.25) is 5.02 Å². The Balaban J connectivity index is 2.40. The van der Waals surface area contributed by atoms with E-state index in [2.05, 4.69) is 15.7 Å². The van der Waals surface area contributed by atoms with Crippen LogP contribution in [0.5, 0.6) is 0 Å². The maximum absolute atomic E-state index is 11.6. The smallest absolute Gasteiger partial charge is 0.271 e. The van der Waals surface area contributed by atoms with Crippen LogP contribution in [0.1, 0.15) is 23.0 Å². The van der Waals surface area contributed by atoms with Gasteiger partial charge in [-0.2, -0.15) is 5.10 Å². The molecule has 0 saturated heterocycles. The Kier molecular flexibility index (Phi) is 4.76. The molecular weight excluding hydrogens is 276 g/mol. The molecular formula is C14H17ClN4O. The standard InChI is InChI=1S/C14H17ClN4O/c1-3-17-9-10-5-4-6-11(15)13(10)19-8-7-12(18-19)14(20)16-2/h4-8,17H,3,9H2,1-2H3,(H,16,20). The van der Waals surface area contributed by atoms with E-state index in [1.807, 2.05) is 25.1 Å². The van der Waals surface area contributed by atoms with Gasteiger partial charge in [0.15, 0.2) is 5.69 Å². The molecule has 0 saturated carbocycles. The molecule has 0 aliphatic heterocycles. The largest absolute Gasteiger partial charge is 0.354 e. The maximum Gasteiger partial charge on any atom is 0.271 e. The number of amides is 1. The Labute approximate surface area is 122 Å². The highest BCUT2D eigenvalue weighted by Gasteiger charge is 2.13. The number of rotatable bonds is 5. The van der Waals surface area contributed by atoms with Crippen molar-refractivity contribution in [3.63, 3.8) is 0 Å². The van der Waals surface area contributed by atoms with E-state index in [0.29, 0.717) is 17.3 Å². The number of aromatic nitrogens is 2. The first-order chi connectivity index (χ1) is 9.67. The summed E-state index contributed by atoms with van der Waals surface area (Å²) in [6.07, 6.45) is 1.74. The molecule has 0 bridgehead atoms. The summed E-state index contributed by atoms with van der Waals surface area (Å²) < 4.78 is 1.64. The monoisotopic (exact) mass is 292 g/mol. The van der Waals surface area contributed by atoms with Gasteiger partial charge in [0.05, 0.1) is 10.7 Å². The van der Waals surface area contributed by atoms with Gasteiger partial charge >= 0.3 is 0 Å². The first-order valence-electron chi connectivity index (χ1n) is 6.43. The number of nitrogens with one attached hydrogen (secondary N) is 2. The number of hydrogen-bond acceptors (Lipinski definition) is 3. The zero-order chi connectivity index (χ0) is 14.5. The predicted octanol–water partition coefficient (Wildman–Crippen LogP) is 1.99. The second-order valence-electron chi connectivity index (χ2n) is 4.25. The highest BCUT2D eigenvalue weighted by molar-refractivity contribution is 6.32. The minimum Gasteiger partial charge on any atom is -0.354 e. The summed E-state index contributed by atoms with van der Waals surface area (Å²) in [4.78, 5) is 11.6. The number of benzene rings is 1. The second kappa shape index (κ2) is 6.54. The lowest BCUT2D eigenvalue weighted by Crippen LogP contribution is -2.19. The third-order valence-electron chi connectivity index (χ3n) is 2.91. The van der Waals surface area contributed by atoms with Gasteiger partial charge < -0.3 is 10.6 Å². The van der Waals surface area contributed by atoms with Gasteiger partial charge in [0.2, 0.25) is 0 Å². The van der Waals surface area contributed by atoms with Crippen molar-refractivity contribution in [2.24, 2.45) is 0 Å². The van der Waals surface area contributed by atoms with Crippen LogP contribution in [0.15, 0.2) is 30.5 Å². The number of carbonyl (C=O) groups is 1. The summed E-state index contributed by atoms with van der Waals surface area (Å²) in [5, 5.41) is 10.7. The molecule has 20 heavy (non-hydrogen) atoms. The minimum atomic E-state index is -0.218. The van der Waals surface area contributed by atoms with Crippen molar-refractivity contribution in [1.29, 1.82) is 0 Å². The highest BCUT2D eigenvalue weighted by Crippen LogP contribution is 2.24. The predicted molar refractivity (Wildman–Crippen MR) is 79.3 cm³/mol. The molecule has 106 valence electrons. The van der Waals surface area contributed by atoms with Crippen LogP contribution in [-0.4, -0.2) is 29.3 Å². The van der Waals surface area contributed by atoms with Crippen LogP contribution in [0, 0.1) is 0 Å². The van der Waals surface area contributed by atoms with E-state index in [-0.39, 0.29) is 5.91 Å². The normalized spacial score (nSPS) is 10.6. The molecule has 0 aliphatic rings. The van der Waals surface area contributed by atoms with Crippen LogP contribution in [0.4, 0.5) is 0 Å². The van der Waals surface area contributed by atoms with E-state index in [4.69, 9.17) is 11.6 Å². The van der Waals surface area contributed by atoms with Gasteiger partial charge in [-0.15, -0.1) is 0 Å². The average molecular weight is 293 g/mol. The molecule has 0 unspecified atom stereocenters. The summed E-state index contributed by atoms with van der Waals surface area (Å²) in [6.45, 7) is 3.61. The maximum atomic E-state index is 11.6. The molecule has 0 aliphatic carbocycles. The number of nitrogens with zero attached hydrogens (tertiary/aromatic N) is 2. The van der Waals surface area contributed by atoms with Crippen molar-refractivity contribution in [3.8, 4) is 5.69 Å². The third-order valence-corrected chi connectivity index (χ3v) is 3.22. The number of halogens is 1. The fourth-order valence-corrected chi connectivity index (χ4v) is 2.20. The van der Waals surface area contributed by atoms with Crippen molar-refractivity contribution in [3.05, 3.63) is 46.7 Å². The van der Waals surface area contributed by atoms with Crippen molar-refractivity contribution in [1.82, 2.24) is 20.4 Å². The molecule has 0 atom stereocenters. The summed E-state index contributed by atoms with van der Waals surface area (Å²) in [5.41, 5.74) is 2.19. The van der Waals surface area contributed by atoms with Crippen molar-refractivity contribution < 1.29 is 4.79 Å². The van der Waals surface area contributed by atoms with E-state index >= 15 is 0 Å². The third kappa shape index (κ3) is 3.00. The van der Waals surface area contributed by atoms with Crippen LogP contribution in [0.25, 0.3) is 5.69 Å². The number of para-hydroxylation sites is 1. The zero-order valence-electron chi connectivity index (χ0n) is 11.5. The molecule has 1 aromatic heterocycles. The number of carbonyl (C=O) groups excluding carboxylic acids is 1. The van der Waals surface area contributed by atoms with E-state index in [1.54, 1.807) is 24.0 Å².